The summed E-state index contributed by atoms with van der Waals surface area (Å²) in [6.07, 6.45) is 4.26. The molecule has 1 saturated heterocycles. The van der Waals surface area contributed by atoms with Crippen molar-refractivity contribution in [2.45, 2.75) is 19.4 Å². The number of aliphatic imine (C=N–C) groups is 1. The lowest BCUT2D eigenvalue weighted by molar-refractivity contribution is -0.118. The van der Waals surface area contributed by atoms with Gasteiger partial charge in [-0.25, -0.2) is 19.7 Å². The van der Waals surface area contributed by atoms with Crippen molar-refractivity contribution in [2.24, 2.45) is 10.9 Å². The summed E-state index contributed by atoms with van der Waals surface area (Å²) in [5.41, 5.74) is 3.07. The molecule has 8 nitrogen and oxygen atoms in total. The number of Topliss-reactive ketones (excluding diaryl/α,β-unsaturated/α-hetero) is 1. The molecule has 1 aromatic heterocycles. The third-order valence-electron chi connectivity index (χ3n) is 4.80. The van der Waals surface area contributed by atoms with Crippen LogP contribution in [0.5, 0.6) is 0 Å². The molecular formula is C20H21BrFN5O3. The molecule has 0 spiro atoms. The van der Waals surface area contributed by atoms with Crippen molar-refractivity contribution >= 4 is 39.3 Å². The van der Waals surface area contributed by atoms with Crippen LogP contribution in [0.2, 0.25) is 0 Å². The quantitative estimate of drug-likeness (QED) is 0.348. The summed E-state index contributed by atoms with van der Waals surface area (Å²) in [6.45, 7) is 1.20. The van der Waals surface area contributed by atoms with Crippen molar-refractivity contribution in [1.82, 2.24) is 20.7 Å². The van der Waals surface area contributed by atoms with Crippen molar-refractivity contribution in [3.8, 4) is 0 Å². The van der Waals surface area contributed by atoms with E-state index in [-0.39, 0.29) is 28.0 Å². The summed E-state index contributed by atoms with van der Waals surface area (Å²) in [6, 6.07) is 7.51. The summed E-state index contributed by atoms with van der Waals surface area (Å²) in [7, 11) is 0. The zero-order chi connectivity index (χ0) is 21.5. The van der Waals surface area contributed by atoms with E-state index in [1.54, 1.807) is 23.4 Å². The second kappa shape index (κ2) is 10.3. The Morgan fingerprint density at radius 2 is 2.07 bits per heavy atom. The Morgan fingerprint density at radius 1 is 1.30 bits per heavy atom. The standard InChI is InChI=1S/C20H21BrFN5O3/c21-16-10-15(3-4-17(16)22)25-19(26-30)18(28)14-5-8-27(9-6-14)20(29)24-12-13-2-1-7-23-11-13/h1-4,7,10-11,14,30H,5-6,8-9,12H2,(H,24,29)(H,25,26). The van der Waals surface area contributed by atoms with E-state index in [4.69, 9.17) is 0 Å². The Balaban J connectivity index is 1.55. The molecule has 1 fully saturated rings. The molecule has 0 aliphatic carbocycles. The van der Waals surface area contributed by atoms with Crippen molar-refractivity contribution in [2.75, 3.05) is 13.1 Å². The van der Waals surface area contributed by atoms with E-state index in [1.165, 1.54) is 18.2 Å². The van der Waals surface area contributed by atoms with Crippen molar-refractivity contribution < 1.29 is 19.2 Å². The molecule has 1 aliphatic rings. The van der Waals surface area contributed by atoms with Gasteiger partial charge < -0.3 is 10.2 Å². The van der Waals surface area contributed by atoms with E-state index in [1.807, 2.05) is 11.5 Å². The Morgan fingerprint density at radius 3 is 2.70 bits per heavy atom. The molecule has 0 atom stereocenters. The molecular weight excluding hydrogens is 457 g/mol. The fraction of sp³-hybridized carbons (Fsp3) is 0.300. The number of piperidine rings is 1. The lowest BCUT2D eigenvalue weighted by Gasteiger charge is -2.31. The first-order valence-electron chi connectivity index (χ1n) is 9.37. The van der Waals surface area contributed by atoms with Gasteiger partial charge in [0.1, 0.15) is 5.82 Å². The van der Waals surface area contributed by atoms with Crippen molar-refractivity contribution in [1.29, 1.82) is 0 Å². The largest absolute Gasteiger partial charge is 0.334 e. The van der Waals surface area contributed by atoms with Crippen molar-refractivity contribution in [3.05, 3.63) is 58.6 Å². The molecule has 3 N–H and O–H groups in total. The number of likely N-dealkylation sites (tertiary alicyclic amines) is 1. The van der Waals surface area contributed by atoms with E-state index in [0.717, 1.165) is 5.56 Å². The smallest absolute Gasteiger partial charge is 0.317 e. The molecule has 1 aliphatic heterocycles. The normalized spacial score (nSPS) is 15.0. The van der Waals surface area contributed by atoms with Gasteiger partial charge in [-0.15, -0.1) is 0 Å². The number of nitrogens with zero attached hydrogens (tertiary/aromatic N) is 3. The predicted octanol–water partition coefficient (Wildman–Crippen LogP) is 3.18. The number of ketones is 1. The molecule has 3 rings (SSSR count). The number of halogens is 2. The maximum absolute atomic E-state index is 13.4. The Labute approximate surface area is 181 Å². The SMILES string of the molecule is O=C(C(=Nc1ccc(F)c(Br)c1)NO)C1CCN(C(=O)NCc2cccnc2)CC1. The van der Waals surface area contributed by atoms with Gasteiger partial charge in [-0.3, -0.25) is 15.0 Å². The van der Waals surface area contributed by atoms with E-state index < -0.39 is 5.82 Å². The van der Waals surface area contributed by atoms with Crippen LogP contribution in [0, 0.1) is 11.7 Å². The molecule has 0 bridgehead atoms. The number of carbonyl (C=O) groups is 2. The fourth-order valence-electron chi connectivity index (χ4n) is 3.15. The number of pyridine rings is 1. The highest BCUT2D eigenvalue weighted by Crippen LogP contribution is 2.23. The van der Waals surface area contributed by atoms with Gasteiger partial charge in [0.05, 0.1) is 10.2 Å². The highest BCUT2D eigenvalue weighted by molar-refractivity contribution is 9.10. The molecule has 2 heterocycles. The lowest BCUT2D eigenvalue weighted by atomic mass is 9.92. The summed E-state index contributed by atoms with van der Waals surface area (Å²) in [4.78, 5) is 34.8. The molecule has 30 heavy (non-hydrogen) atoms. The molecule has 0 radical (unpaired) electrons. The monoisotopic (exact) mass is 477 g/mol. The Bertz CT molecular complexity index is 933. The first-order chi connectivity index (χ1) is 14.5. The first kappa shape index (κ1) is 21.8. The molecule has 1 aromatic carbocycles. The van der Waals surface area contributed by atoms with E-state index in [9.17, 15) is 19.2 Å². The molecule has 0 saturated carbocycles. The summed E-state index contributed by atoms with van der Waals surface area (Å²) >= 11 is 3.06. The third-order valence-corrected chi connectivity index (χ3v) is 5.41. The number of hydroxylamine groups is 1. The number of aromatic nitrogens is 1. The average molecular weight is 478 g/mol. The fourth-order valence-corrected chi connectivity index (χ4v) is 3.52. The van der Waals surface area contributed by atoms with Crippen LogP contribution in [0.25, 0.3) is 0 Å². The minimum Gasteiger partial charge on any atom is -0.334 e. The third kappa shape index (κ3) is 5.61. The van der Waals surface area contributed by atoms with Gasteiger partial charge in [0.2, 0.25) is 5.78 Å². The van der Waals surface area contributed by atoms with Gasteiger partial charge in [0.15, 0.2) is 5.84 Å². The van der Waals surface area contributed by atoms with Crippen molar-refractivity contribution in [3.63, 3.8) is 0 Å². The van der Waals surface area contributed by atoms with Crippen LogP contribution >= 0.6 is 15.9 Å². The van der Waals surface area contributed by atoms with E-state index in [0.29, 0.717) is 38.2 Å². The number of hydrogen-bond donors (Lipinski definition) is 3. The minimum absolute atomic E-state index is 0.199. The van der Waals surface area contributed by atoms with Crippen LogP contribution in [0.1, 0.15) is 18.4 Å². The van der Waals surface area contributed by atoms with Crippen LogP contribution < -0.4 is 10.8 Å². The van der Waals surface area contributed by atoms with Gasteiger partial charge in [-0.2, -0.15) is 0 Å². The summed E-state index contributed by atoms with van der Waals surface area (Å²) < 4.78 is 13.6. The van der Waals surface area contributed by atoms with Gasteiger partial charge >= 0.3 is 6.03 Å². The minimum atomic E-state index is -0.451. The Kier molecular flexibility index (Phi) is 7.47. The van der Waals surface area contributed by atoms with E-state index >= 15 is 0 Å². The van der Waals surface area contributed by atoms with Gasteiger partial charge in [-0.05, 0) is 58.6 Å². The van der Waals surface area contributed by atoms with Crippen LogP contribution in [0.4, 0.5) is 14.9 Å². The number of benzene rings is 1. The number of urea groups is 1. The topological polar surface area (TPSA) is 107 Å². The van der Waals surface area contributed by atoms with Crippen LogP contribution in [0.15, 0.2) is 52.2 Å². The predicted molar refractivity (Wildman–Crippen MR) is 112 cm³/mol. The number of amides is 2. The molecule has 10 heteroatoms. The van der Waals surface area contributed by atoms with Crippen LogP contribution in [-0.2, 0) is 11.3 Å². The Hall–Kier alpha value is -2.85. The highest BCUT2D eigenvalue weighted by atomic mass is 79.9. The van der Waals surface area contributed by atoms with Gasteiger partial charge in [0, 0.05) is 37.9 Å². The first-order valence-corrected chi connectivity index (χ1v) is 10.2. The zero-order valence-electron chi connectivity index (χ0n) is 16.0. The maximum Gasteiger partial charge on any atom is 0.317 e. The number of rotatable bonds is 5. The molecule has 158 valence electrons. The summed E-state index contributed by atoms with van der Waals surface area (Å²) in [5, 5.41) is 12.2. The number of carbonyl (C=O) groups excluding carboxylic acids is 2. The van der Waals surface area contributed by atoms with Crippen LogP contribution in [-0.4, -0.2) is 45.8 Å². The van der Waals surface area contributed by atoms with Gasteiger partial charge in [-0.1, -0.05) is 6.07 Å². The van der Waals surface area contributed by atoms with Crippen LogP contribution in [0.3, 0.4) is 0 Å². The number of hydrogen-bond acceptors (Lipinski definition) is 5. The highest BCUT2D eigenvalue weighted by Gasteiger charge is 2.30. The average Bonchev–Trinajstić information content (AvgIpc) is 2.78. The molecule has 2 amide bonds. The second-order valence-electron chi connectivity index (χ2n) is 6.82. The maximum atomic E-state index is 13.4. The summed E-state index contributed by atoms with van der Waals surface area (Å²) in [5.74, 6) is -1.40. The molecule has 2 aromatic rings. The zero-order valence-corrected chi connectivity index (χ0v) is 17.6. The second-order valence-corrected chi connectivity index (χ2v) is 7.67. The lowest BCUT2D eigenvalue weighted by Crippen LogP contribution is -2.46. The van der Waals surface area contributed by atoms with Gasteiger partial charge in [0.25, 0.3) is 0 Å². The number of nitrogens with one attached hydrogen (secondary N) is 2. The number of amidine groups is 1. The molecule has 0 unspecified atom stereocenters. The van der Waals surface area contributed by atoms with E-state index in [2.05, 4.69) is 31.2 Å².